The molecule has 1 heteroatoms. The molecule has 0 radical (unpaired) electrons. The maximum absolute atomic E-state index is 2.69. The Kier molecular flexibility index (Phi) is 27.8. The summed E-state index contributed by atoms with van der Waals surface area (Å²) in [6, 6.07) is 86.3. The van der Waals surface area contributed by atoms with Gasteiger partial charge in [-0.25, -0.2) is 0 Å². The topological polar surface area (TPSA) is 3.24 Å². The van der Waals surface area contributed by atoms with Gasteiger partial charge in [0.2, 0.25) is 0 Å². The van der Waals surface area contributed by atoms with E-state index in [-0.39, 0.29) is 0 Å². The van der Waals surface area contributed by atoms with Crippen molar-refractivity contribution in [2.75, 3.05) is 4.90 Å². The molecule has 10 aromatic rings. The highest BCUT2D eigenvalue weighted by Gasteiger charge is 2.51. The Balaban J connectivity index is 0.000000646. The van der Waals surface area contributed by atoms with Crippen LogP contribution in [0.5, 0.6) is 0 Å². The van der Waals surface area contributed by atoms with E-state index in [9.17, 15) is 0 Å². The van der Waals surface area contributed by atoms with Gasteiger partial charge in [-0.05, 0) is 154 Å². The van der Waals surface area contributed by atoms with Crippen molar-refractivity contribution < 1.29 is 0 Å². The monoisotopic (exact) mass is 1170 g/mol. The highest BCUT2D eigenvalue weighted by molar-refractivity contribution is 5.90. The normalized spacial score (nSPS) is 12.2. The fourth-order valence-electron chi connectivity index (χ4n) is 14.0. The maximum atomic E-state index is 2.69. The lowest BCUT2D eigenvalue weighted by Crippen LogP contribution is -2.35. The number of nitrogens with zero attached hydrogens (tertiary/aromatic N) is 1. The average Bonchev–Trinajstić information content (AvgIpc) is 1.47. The van der Waals surface area contributed by atoms with Gasteiger partial charge >= 0.3 is 0 Å². The molecule has 0 fully saturated rings. The summed E-state index contributed by atoms with van der Waals surface area (Å²) in [5, 5.41) is 0. The zero-order valence-electron chi connectivity index (χ0n) is 57.8. The highest BCUT2D eigenvalue weighted by atomic mass is 15.1. The van der Waals surface area contributed by atoms with Gasteiger partial charge in [0.05, 0.1) is 10.8 Å². The lowest BCUT2D eigenvalue weighted by molar-refractivity contribution is 0.712. The van der Waals surface area contributed by atoms with Gasteiger partial charge in [-0.2, -0.15) is 0 Å². The number of fused-ring (bicyclic) bond motifs is 21. The number of hydrogen-bond donors (Lipinski definition) is 0. The largest absolute Gasteiger partial charge is 0.363 e. The van der Waals surface area contributed by atoms with Crippen molar-refractivity contribution in [1.82, 2.24) is 0 Å². The lowest BCUT2D eigenvalue weighted by Gasteiger charge is -2.41. The van der Waals surface area contributed by atoms with Crippen LogP contribution in [0.25, 0.3) is 33.4 Å². The first kappa shape index (κ1) is 70.8. The van der Waals surface area contributed by atoms with Crippen LogP contribution >= 0.6 is 0 Å². The van der Waals surface area contributed by atoms with Gasteiger partial charge in [0, 0.05) is 18.8 Å². The van der Waals surface area contributed by atoms with Crippen molar-refractivity contribution in [2.45, 2.75) is 182 Å². The van der Waals surface area contributed by atoms with E-state index in [1.54, 1.807) is 0 Å². The van der Waals surface area contributed by atoms with Crippen LogP contribution in [-0.2, 0) is 43.2 Å². The van der Waals surface area contributed by atoms with E-state index in [0.29, 0.717) is 0 Å². The third-order valence-corrected chi connectivity index (χ3v) is 16.6. The SMILES string of the molecule is CC.CC.CC.CC.CC.CC.CC.CC.CC.CC.c1ccc2c(c1)Cc1cccc(CN(Cc3ccc4c(c3)C3(c5ccccc5C4)c4ccccc4-c4ccccc43)c3ccc4c(c3)C3(c5ccccc5C4)c4ccccc4-c4ccccc43)c1-2. The summed E-state index contributed by atoms with van der Waals surface area (Å²) in [5.74, 6) is 0. The fourth-order valence-corrected chi connectivity index (χ4v) is 14.0. The summed E-state index contributed by atoms with van der Waals surface area (Å²) in [5.41, 5.74) is 31.0. The van der Waals surface area contributed by atoms with Gasteiger partial charge < -0.3 is 4.90 Å². The maximum Gasteiger partial charge on any atom is 0.0719 e. The number of benzene rings is 10. The van der Waals surface area contributed by atoms with Crippen molar-refractivity contribution in [3.8, 4) is 33.4 Å². The van der Waals surface area contributed by atoms with Gasteiger partial charge in [0.25, 0.3) is 0 Å². The second-order valence-corrected chi connectivity index (χ2v) is 19.8. The third-order valence-electron chi connectivity index (χ3n) is 16.6. The van der Waals surface area contributed by atoms with Crippen LogP contribution in [0.1, 0.15) is 227 Å². The molecular formula is C87H107N. The van der Waals surface area contributed by atoms with Crippen LogP contribution < -0.4 is 4.90 Å². The van der Waals surface area contributed by atoms with E-state index in [1.165, 1.54) is 128 Å². The molecule has 0 bridgehead atoms. The van der Waals surface area contributed by atoms with E-state index < -0.39 is 10.8 Å². The van der Waals surface area contributed by atoms with Crippen LogP contribution in [0.4, 0.5) is 5.69 Å². The Morgan fingerprint density at radius 3 is 1.00 bits per heavy atom. The van der Waals surface area contributed by atoms with Crippen LogP contribution in [0.3, 0.4) is 0 Å². The molecule has 5 aliphatic carbocycles. The standard InChI is InChI=1S/C67H47N.10C2H6/c1-4-21-52-44(16-1)37-49-19-15-20-50(65(49)52)42-68(51-35-34-48-39-46-18-3-10-27-58(46)67(64(48)40-51)61-30-13-7-24-55(61)56-25-8-14-31-62(56)67)41-43-32-33-47-38-45-17-2-9-26-57(45)66(63(47)36-43)59-28-11-5-22-53(59)54-23-6-12-29-60(54)66;10*1-2/h1-36,40H,37-39,41-42H2;10*1-2H3. The predicted molar refractivity (Wildman–Crippen MR) is 391 cm³/mol. The Labute approximate surface area is 536 Å². The van der Waals surface area contributed by atoms with Crippen LogP contribution in [0, 0.1) is 0 Å². The molecule has 88 heavy (non-hydrogen) atoms. The van der Waals surface area contributed by atoms with E-state index in [1.807, 2.05) is 138 Å². The molecule has 0 aliphatic heterocycles. The quantitative estimate of drug-likeness (QED) is 0.166. The molecule has 0 atom stereocenters. The summed E-state index contributed by atoms with van der Waals surface area (Å²) in [6.45, 7) is 41.5. The van der Waals surface area contributed by atoms with Crippen molar-refractivity contribution >= 4 is 5.69 Å². The van der Waals surface area contributed by atoms with Crippen molar-refractivity contribution in [1.29, 1.82) is 0 Å². The fraction of sp³-hybridized carbons (Fsp3) is 0.310. The Morgan fingerprint density at radius 1 is 0.250 bits per heavy atom. The molecule has 0 aromatic heterocycles. The molecule has 0 unspecified atom stereocenters. The van der Waals surface area contributed by atoms with E-state index in [2.05, 4.69) is 229 Å². The molecule has 460 valence electrons. The minimum absolute atomic E-state index is 0.406. The van der Waals surface area contributed by atoms with Gasteiger partial charge in [-0.3, -0.25) is 0 Å². The molecule has 1 nitrogen and oxygen atoms in total. The van der Waals surface area contributed by atoms with Gasteiger partial charge in [-0.15, -0.1) is 0 Å². The van der Waals surface area contributed by atoms with Gasteiger partial charge in [-0.1, -0.05) is 351 Å². The summed E-state index contributed by atoms with van der Waals surface area (Å²) >= 11 is 0. The van der Waals surface area contributed by atoms with Crippen molar-refractivity contribution in [3.63, 3.8) is 0 Å². The Morgan fingerprint density at radius 2 is 0.568 bits per heavy atom. The summed E-state index contributed by atoms with van der Waals surface area (Å²) in [7, 11) is 0. The first-order valence-electron chi connectivity index (χ1n) is 34.4. The first-order valence-corrected chi connectivity index (χ1v) is 34.4. The molecule has 15 rings (SSSR count). The minimum atomic E-state index is -0.430. The predicted octanol–water partition coefficient (Wildman–Crippen LogP) is 25.3. The van der Waals surface area contributed by atoms with E-state index >= 15 is 0 Å². The molecule has 0 heterocycles. The van der Waals surface area contributed by atoms with Crippen LogP contribution in [-0.4, -0.2) is 0 Å². The summed E-state index contributed by atoms with van der Waals surface area (Å²) in [4.78, 5) is 2.69. The smallest absolute Gasteiger partial charge is 0.0719 e. The molecule has 0 saturated heterocycles. The first-order chi connectivity index (χ1) is 43.7. The van der Waals surface area contributed by atoms with Gasteiger partial charge in [0.15, 0.2) is 0 Å². The molecule has 5 aliphatic rings. The number of rotatable bonds is 5. The Bertz CT molecular complexity index is 3660. The second-order valence-electron chi connectivity index (χ2n) is 19.8. The second kappa shape index (κ2) is 34.5. The Hall–Kier alpha value is -8.00. The van der Waals surface area contributed by atoms with Crippen molar-refractivity contribution in [2.24, 2.45) is 0 Å². The molecule has 2 spiro atoms. The molecule has 0 saturated carbocycles. The average molecular weight is 1170 g/mol. The zero-order chi connectivity index (χ0) is 64.6. The number of hydrogen-bond acceptors (Lipinski definition) is 1. The van der Waals surface area contributed by atoms with Crippen molar-refractivity contribution in [3.05, 3.63) is 313 Å². The minimum Gasteiger partial charge on any atom is -0.363 e. The van der Waals surface area contributed by atoms with E-state index in [4.69, 9.17) is 0 Å². The molecule has 10 aromatic carbocycles. The summed E-state index contributed by atoms with van der Waals surface area (Å²) < 4.78 is 0. The van der Waals surface area contributed by atoms with Gasteiger partial charge in [0.1, 0.15) is 0 Å². The third kappa shape index (κ3) is 12.4. The van der Waals surface area contributed by atoms with Crippen LogP contribution in [0.15, 0.2) is 224 Å². The summed E-state index contributed by atoms with van der Waals surface area (Å²) in [6.07, 6.45) is 2.82. The zero-order valence-corrected chi connectivity index (χ0v) is 57.8. The highest BCUT2D eigenvalue weighted by Crippen LogP contribution is 2.61. The molecular weight excluding hydrogens is 1060 g/mol. The molecule has 0 N–H and O–H groups in total. The lowest BCUT2D eigenvalue weighted by atomic mass is 9.61. The van der Waals surface area contributed by atoms with E-state index in [0.717, 1.165) is 32.4 Å². The van der Waals surface area contributed by atoms with Crippen LogP contribution in [0.2, 0.25) is 0 Å². The molecule has 0 amide bonds. The number of anilines is 1.